The molecule has 0 aliphatic carbocycles. The SMILES string of the molecule is CCOc1cc(C(=O)Nc2cccc(C(F)(F)F)c2)cc(Br)c1OCc1ccc(C)cc1. The Morgan fingerprint density at radius 2 is 1.75 bits per heavy atom. The third-order valence-corrected chi connectivity index (χ3v) is 5.11. The quantitative estimate of drug-likeness (QED) is 0.374. The molecule has 0 radical (unpaired) electrons. The van der Waals surface area contributed by atoms with Crippen LogP contribution < -0.4 is 14.8 Å². The number of rotatable bonds is 7. The van der Waals surface area contributed by atoms with Crippen LogP contribution in [0.25, 0.3) is 0 Å². The molecule has 168 valence electrons. The molecule has 1 amide bonds. The van der Waals surface area contributed by atoms with Crippen molar-refractivity contribution in [2.24, 2.45) is 0 Å². The minimum absolute atomic E-state index is 0.0404. The van der Waals surface area contributed by atoms with Crippen LogP contribution in [0, 0.1) is 6.92 Å². The maximum absolute atomic E-state index is 12.9. The summed E-state index contributed by atoms with van der Waals surface area (Å²) in [6.45, 7) is 4.44. The summed E-state index contributed by atoms with van der Waals surface area (Å²) in [7, 11) is 0. The van der Waals surface area contributed by atoms with Gasteiger partial charge in [0.25, 0.3) is 5.91 Å². The number of carbonyl (C=O) groups is 1. The van der Waals surface area contributed by atoms with E-state index in [1.807, 2.05) is 31.2 Å². The molecule has 0 saturated carbocycles. The number of aryl methyl sites for hydroxylation is 1. The van der Waals surface area contributed by atoms with Gasteiger partial charge >= 0.3 is 6.18 Å². The zero-order valence-corrected chi connectivity index (χ0v) is 19.0. The van der Waals surface area contributed by atoms with E-state index in [-0.39, 0.29) is 11.3 Å². The number of amides is 1. The standard InChI is InChI=1S/C24H21BrF3NO3/c1-3-31-21-12-17(23(30)29-19-6-4-5-18(13-19)24(26,27)28)11-20(25)22(21)32-14-16-9-7-15(2)8-10-16/h4-13H,3,14H2,1-2H3,(H,29,30). The third kappa shape index (κ3) is 6.03. The molecule has 3 aromatic rings. The van der Waals surface area contributed by atoms with Crippen molar-refractivity contribution >= 4 is 27.5 Å². The minimum Gasteiger partial charge on any atom is -0.490 e. The zero-order chi connectivity index (χ0) is 23.3. The van der Waals surface area contributed by atoms with E-state index in [0.29, 0.717) is 29.2 Å². The van der Waals surface area contributed by atoms with Gasteiger partial charge < -0.3 is 14.8 Å². The van der Waals surface area contributed by atoms with Gasteiger partial charge in [-0.3, -0.25) is 4.79 Å². The third-order valence-electron chi connectivity index (χ3n) is 4.52. The van der Waals surface area contributed by atoms with E-state index >= 15 is 0 Å². The molecule has 4 nitrogen and oxygen atoms in total. The number of nitrogens with one attached hydrogen (secondary N) is 1. The summed E-state index contributed by atoms with van der Waals surface area (Å²) in [5.41, 5.74) is 1.52. The topological polar surface area (TPSA) is 47.6 Å². The number of anilines is 1. The maximum atomic E-state index is 12.9. The van der Waals surface area contributed by atoms with Crippen molar-refractivity contribution < 1.29 is 27.4 Å². The van der Waals surface area contributed by atoms with Crippen molar-refractivity contribution in [3.05, 3.63) is 87.4 Å². The number of carbonyl (C=O) groups excluding carboxylic acids is 1. The van der Waals surface area contributed by atoms with Crippen LogP contribution in [0.1, 0.15) is 34.0 Å². The molecule has 0 heterocycles. The molecule has 0 atom stereocenters. The number of hydrogen-bond acceptors (Lipinski definition) is 3. The van der Waals surface area contributed by atoms with Gasteiger partial charge in [-0.05, 0) is 65.7 Å². The Kier molecular flexibility index (Phi) is 7.45. The van der Waals surface area contributed by atoms with Gasteiger partial charge in [0.2, 0.25) is 0 Å². The van der Waals surface area contributed by atoms with Crippen LogP contribution in [-0.2, 0) is 12.8 Å². The number of halogens is 4. The van der Waals surface area contributed by atoms with Crippen molar-refractivity contribution in [3.63, 3.8) is 0 Å². The van der Waals surface area contributed by atoms with E-state index in [4.69, 9.17) is 9.47 Å². The van der Waals surface area contributed by atoms with E-state index in [1.54, 1.807) is 6.92 Å². The Bertz CT molecular complexity index is 1100. The zero-order valence-electron chi connectivity index (χ0n) is 17.4. The van der Waals surface area contributed by atoms with Gasteiger partial charge in [0.1, 0.15) is 6.61 Å². The predicted octanol–water partition coefficient (Wildman–Crippen LogP) is 7.01. The van der Waals surface area contributed by atoms with Crippen LogP contribution in [0.2, 0.25) is 0 Å². The molecule has 8 heteroatoms. The van der Waals surface area contributed by atoms with Gasteiger partial charge in [-0.1, -0.05) is 35.9 Å². The Morgan fingerprint density at radius 3 is 2.41 bits per heavy atom. The summed E-state index contributed by atoms with van der Waals surface area (Å²) in [5, 5.41) is 2.49. The summed E-state index contributed by atoms with van der Waals surface area (Å²) < 4.78 is 50.8. The highest BCUT2D eigenvalue weighted by atomic mass is 79.9. The largest absolute Gasteiger partial charge is 0.490 e. The average molecular weight is 508 g/mol. The molecule has 1 N–H and O–H groups in total. The molecule has 0 fully saturated rings. The lowest BCUT2D eigenvalue weighted by Gasteiger charge is -2.16. The lowest BCUT2D eigenvalue weighted by molar-refractivity contribution is -0.137. The molecule has 32 heavy (non-hydrogen) atoms. The molecular weight excluding hydrogens is 487 g/mol. The summed E-state index contributed by atoms with van der Waals surface area (Å²) in [4.78, 5) is 12.7. The smallest absolute Gasteiger partial charge is 0.416 e. The summed E-state index contributed by atoms with van der Waals surface area (Å²) in [5.74, 6) is 0.210. The molecule has 0 spiro atoms. The number of hydrogen-bond donors (Lipinski definition) is 1. The van der Waals surface area contributed by atoms with Gasteiger partial charge in [-0.2, -0.15) is 13.2 Å². The molecule has 0 aliphatic rings. The highest BCUT2D eigenvalue weighted by Crippen LogP contribution is 2.38. The number of alkyl halides is 3. The van der Waals surface area contributed by atoms with Crippen LogP contribution in [-0.4, -0.2) is 12.5 Å². The van der Waals surface area contributed by atoms with Crippen LogP contribution in [0.4, 0.5) is 18.9 Å². The number of ether oxygens (including phenoxy) is 2. The van der Waals surface area contributed by atoms with Crippen molar-refractivity contribution in [2.45, 2.75) is 26.6 Å². The second-order valence-corrected chi connectivity index (χ2v) is 7.88. The normalized spacial score (nSPS) is 11.2. The first-order valence-electron chi connectivity index (χ1n) is 9.80. The van der Waals surface area contributed by atoms with Crippen LogP contribution in [0.3, 0.4) is 0 Å². The Hall–Kier alpha value is -3.00. The molecule has 0 unspecified atom stereocenters. The molecule has 3 aromatic carbocycles. The average Bonchev–Trinajstić information content (AvgIpc) is 2.74. The second-order valence-electron chi connectivity index (χ2n) is 7.03. The summed E-state index contributed by atoms with van der Waals surface area (Å²) in [6.07, 6.45) is -4.50. The summed E-state index contributed by atoms with van der Waals surface area (Å²) >= 11 is 3.41. The van der Waals surface area contributed by atoms with E-state index in [9.17, 15) is 18.0 Å². The molecule has 0 saturated heterocycles. The first-order valence-corrected chi connectivity index (χ1v) is 10.6. The van der Waals surface area contributed by atoms with Crippen LogP contribution in [0.15, 0.2) is 65.1 Å². The van der Waals surface area contributed by atoms with Crippen molar-refractivity contribution in [2.75, 3.05) is 11.9 Å². The molecular formula is C24H21BrF3NO3. The summed E-state index contributed by atoms with van der Waals surface area (Å²) in [6, 6.07) is 15.4. The Balaban J connectivity index is 1.81. The van der Waals surface area contributed by atoms with E-state index in [2.05, 4.69) is 21.2 Å². The lowest BCUT2D eigenvalue weighted by atomic mass is 10.1. The molecule has 0 aromatic heterocycles. The van der Waals surface area contributed by atoms with Gasteiger partial charge in [0.15, 0.2) is 11.5 Å². The number of benzene rings is 3. The van der Waals surface area contributed by atoms with Crippen molar-refractivity contribution in [1.29, 1.82) is 0 Å². The fourth-order valence-corrected chi connectivity index (χ4v) is 3.47. The highest BCUT2D eigenvalue weighted by Gasteiger charge is 2.30. The fraction of sp³-hybridized carbons (Fsp3) is 0.208. The fourth-order valence-electron chi connectivity index (χ4n) is 2.92. The molecule has 0 bridgehead atoms. The minimum atomic E-state index is -4.50. The van der Waals surface area contributed by atoms with Crippen molar-refractivity contribution in [1.82, 2.24) is 0 Å². The monoisotopic (exact) mass is 507 g/mol. The van der Waals surface area contributed by atoms with Gasteiger partial charge in [0, 0.05) is 11.3 Å². The van der Waals surface area contributed by atoms with Crippen LogP contribution >= 0.6 is 15.9 Å². The highest BCUT2D eigenvalue weighted by molar-refractivity contribution is 9.10. The van der Waals surface area contributed by atoms with E-state index in [0.717, 1.165) is 23.3 Å². The van der Waals surface area contributed by atoms with Gasteiger partial charge in [-0.15, -0.1) is 0 Å². The Morgan fingerprint density at radius 1 is 1.03 bits per heavy atom. The molecule has 0 aliphatic heterocycles. The maximum Gasteiger partial charge on any atom is 0.416 e. The first kappa shape index (κ1) is 23.7. The van der Waals surface area contributed by atoms with E-state index < -0.39 is 17.6 Å². The Labute approximate surface area is 192 Å². The predicted molar refractivity (Wildman–Crippen MR) is 120 cm³/mol. The first-order chi connectivity index (χ1) is 15.2. The van der Waals surface area contributed by atoms with Crippen molar-refractivity contribution in [3.8, 4) is 11.5 Å². The lowest BCUT2D eigenvalue weighted by Crippen LogP contribution is -2.14. The van der Waals surface area contributed by atoms with Gasteiger partial charge in [0.05, 0.1) is 16.6 Å². The van der Waals surface area contributed by atoms with Gasteiger partial charge in [-0.25, -0.2) is 0 Å². The van der Waals surface area contributed by atoms with Crippen LogP contribution in [0.5, 0.6) is 11.5 Å². The second kappa shape index (κ2) is 10.1. The van der Waals surface area contributed by atoms with E-state index in [1.165, 1.54) is 24.3 Å². The molecule has 3 rings (SSSR count).